The second-order valence-corrected chi connectivity index (χ2v) is 11.1. The zero-order chi connectivity index (χ0) is 21.2. The molecule has 29 heavy (non-hydrogen) atoms. The molecule has 1 atom stereocenters. The van der Waals surface area contributed by atoms with Crippen molar-refractivity contribution in [2.75, 3.05) is 26.2 Å². The third-order valence-electron chi connectivity index (χ3n) is 5.09. The quantitative estimate of drug-likeness (QED) is 0.790. The van der Waals surface area contributed by atoms with E-state index in [1.807, 2.05) is 13.8 Å². The number of nitrogens with zero attached hydrogens (tertiary/aromatic N) is 2. The molecule has 0 aromatic heterocycles. The third-order valence-corrected chi connectivity index (χ3v) is 8.99. The maximum atomic E-state index is 13.2. The van der Waals surface area contributed by atoms with Crippen LogP contribution in [0.2, 0.25) is 0 Å². The van der Waals surface area contributed by atoms with Gasteiger partial charge < -0.3 is 0 Å². The standard InChI is InChI=1S/C20H27N3O4S2/c1-16-4-8-19(9-5-16)28(24,25)22-13-12-21-18(3)23(15-14-22)29(26,27)20-10-6-17(2)7-11-20/h4-11,18,21H,12-15H2,1-3H3. The van der Waals surface area contributed by atoms with Gasteiger partial charge in [0, 0.05) is 26.2 Å². The van der Waals surface area contributed by atoms with Gasteiger partial charge in [-0.15, -0.1) is 0 Å². The van der Waals surface area contributed by atoms with E-state index in [1.54, 1.807) is 55.5 Å². The Morgan fingerprint density at radius 2 is 1.24 bits per heavy atom. The van der Waals surface area contributed by atoms with Crippen LogP contribution in [0.15, 0.2) is 58.3 Å². The van der Waals surface area contributed by atoms with E-state index in [2.05, 4.69) is 5.32 Å². The van der Waals surface area contributed by atoms with Crippen LogP contribution in [0.25, 0.3) is 0 Å². The normalized spacial score (nSPS) is 20.2. The van der Waals surface area contributed by atoms with Crippen LogP contribution >= 0.6 is 0 Å². The molecule has 0 aliphatic carbocycles. The van der Waals surface area contributed by atoms with Crippen molar-refractivity contribution >= 4 is 20.0 Å². The molecule has 0 spiro atoms. The highest BCUT2D eigenvalue weighted by Crippen LogP contribution is 2.21. The molecule has 2 aromatic carbocycles. The minimum Gasteiger partial charge on any atom is -0.300 e. The fraction of sp³-hybridized carbons (Fsp3) is 0.400. The summed E-state index contributed by atoms with van der Waals surface area (Å²) in [4.78, 5) is 0.412. The van der Waals surface area contributed by atoms with Crippen molar-refractivity contribution in [3.05, 3.63) is 59.7 Å². The van der Waals surface area contributed by atoms with Crippen molar-refractivity contribution in [1.82, 2.24) is 13.9 Å². The Kier molecular flexibility index (Phi) is 6.45. The number of hydrogen-bond donors (Lipinski definition) is 1. The van der Waals surface area contributed by atoms with E-state index in [1.165, 1.54) is 8.61 Å². The molecule has 0 bridgehead atoms. The first-order chi connectivity index (χ1) is 13.6. The molecule has 2 aromatic rings. The monoisotopic (exact) mass is 437 g/mol. The van der Waals surface area contributed by atoms with Gasteiger partial charge in [0.25, 0.3) is 0 Å². The van der Waals surface area contributed by atoms with Gasteiger partial charge in [0.2, 0.25) is 20.0 Å². The van der Waals surface area contributed by atoms with Gasteiger partial charge in [0.05, 0.1) is 16.0 Å². The summed E-state index contributed by atoms with van der Waals surface area (Å²) in [6, 6.07) is 13.3. The molecule has 7 nitrogen and oxygen atoms in total. The molecule has 158 valence electrons. The van der Waals surface area contributed by atoms with E-state index in [0.29, 0.717) is 6.54 Å². The Bertz CT molecular complexity index is 1050. The minimum atomic E-state index is -3.76. The zero-order valence-electron chi connectivity index (χ0n) is 16.9. The Labute approximate surface area is 173 Å². The molecule has 9 heteroatoms. The predicted octanol–water partition coefficient (Wildman–Crippen LogP) is 1.93. The minimum absolute atomic E-state index is 0.0649. The van der Waals surface area contributed by atoms with Gasteiger partial charge in [-0.2, -0.15) is 8.61 Å². The lowest BCUT2D eigenvalue weighted by molar-refractivity contribution is 0.238. The number of nitrogens with one attached hydrogen (secondary N) is 1. The summed E-state index contributed by atoms with van der Waals surface area (Å²) >= 11 is 0. The molecule has 0 radical (unpaired) electrons. The Morgan fingerprint density at radius 1 is 0.759 bits per heavy atom. The molecule has 0 saturated carbocycles. The lowest BCUT2D eigenvalue weighted by Gasteiger charge is -2.34. The molecular formula is C20H27N3O4S2. The maximum absolute atomic E-state index is 13.2. The highest BCUT2D eigenvalue weighted by Gasteiger charge is 2.33. The van der Waals surface area contributed by atoms with Gasteiger partial charge in [-0.25, -0.2) is 16.8 Å². The molecular weight excluding hydrogens is 410 g/mol. The highest BCUT2D eigenvalue weighted by molar-refractivity contribution is 7.89. The molecule has 3 rings (SSSR count). The van der Waals surface area contributed by atoms with Crippen LogP contribution in [0.4, 0.5) is 0 Å². The molecule has 1 fully saturated rings. The lowest BCUT2D eigenvalue weighted by atomic mass is 10.2. The molecule has 1 saturated heterocycles. The first-order valence-electron chi connectivity index (χ1n) is 9.51. The van der Waals surface area contributed by atoms with Crippen molar-refractivity contribution < 1.29 is 16.8 Å². The van der Waals surface area contributed by atoms with Crippen LogP contribution in [0.5, 0.6) is 0 Å². The molecule has 1 aliphatic heterocycles. The number of sulfonamides is 2. The summed E-state index contributed by atoms with van der Waals surface area (Å²) in [5, 5.41) is 3.13. The molecule has 1 N–H and O–H groups in total. The first kappa shape index (κ1) is 21.9. The fourth-order valence-corrected chi connectivity index (χ4v) is 6.28. The molecule has 1 heterocycles. The van der Waals surface area contributed by atoms with Crippen molar-refractivity contribution in [2.45, 2.75) is 36.7 Å². The van der Waals surface area contributed by atoms with E-state index in [-0.39, 0.29) is 29.4 Å². The lowest BCUT2D eigenvalue weighted by Crippen LogP contribution is -2.54. The average molecular weight is 438 g/mol. The second kappa shape index (κ2) is 8.53. The Morgan fingerprint density at radius 3 is 1.76 bits per heavy atom. The maximum Gasteiger partial charge on any atom is 0.244 e. The molecule has 0 amide bonds. The van der Waals surface area contributed by atoms with E-state index in [0.717, 1.165) is 11.1 Å². The third kappa shape index (κ3) is 4.70. The van der Waals surface area contributed by atoms with Crippen LogP contribution in [0.1, 0.15) is 18.1 Å². The Hall–Kier alpha value is -1.78. The van der Waals surface area contributed by atoms with E-state index < -0.39 is 26.2 Å². The zero-order valence-corrected chi connectivity index (χ0v) is 18.5. The molecule has 1 aliphatic rings. The van der Waals surface area contributed by atoms with Crippen molar-refractivity contribution in [2.24, 2.45) is 0 Å². The largest absolute Gasteiger partial charge is 0.300 e. The van der Waals surface area contributed by atoms with Gasteiger partial charge >= 0.3 is 0 Å². The Balaban J connectivity index is 1.86. The second-order valence-electron chi connectivity index (χ2n) is 7.28. The summed E-state index contributed by atoms with van der Waals surface area (Å²) in [6.07, 6.45) is -0.439. The fourth-order valence-electron chi connectivity index (χ4n) is 3.29. The van der Waals surface area contributed by atoms with Gasteiger partial charge in [0.1, 0.15) is 0 Å². The predicted molar refractivity (Wildman–Crippen MR) is 112 cm³/mol. The van der Waals surface area contributed by atoms with Crippen molar-refractivity contribution in [1.29, 1.82) is 0 Å². The number of aryl methyl sites for hydroxylation is 2. The van der Waals surface area contributed by atoms with Gasteiger partial charge in [-0.3, -0.25) is 5.32 Å². The summed E-state index contributed by atoms with van der Waals surface area (Å²) < 4.78 is 55.1. The first-order valence-corrected chi connectivity index (χ1v) is 12.4. The summed E-state index contributed by atoms with van der Waals surface area (Å²) in [6.45, 7) is 6.35. The highest BCUT2D eigenvalue weighted by atomic mass is 32.2. The average Bonchev–Trinajstić information content (AvgIpc) is 2.65. The topological polar surface area (TPSA) is 86.8 Å². The SMILES string of the molecule is Cc1ccc(S(=O)(=O)N2CCNC(C)N(S(=O)(=O)c3ccc(C)cc3)CC2)cc1. The van der Waals surface area contributed by atoms with Crippen molar-refractivity contribution in [3.8, 4) is 0 Å². The van der Waals surface area contributed by atoms with E-state index in [9.17, 15) is 16.8 Å². The van der Waals surface area contributed by atoms with Crippen LogP contribution in [-0.2, 0) is 20.0 Å². The summed E-state index contributed by atoms with van der Waals surface area (Å²) in [5.41, 5.74) is 1.95. The van der Waals surface area contributed by atoms with Crippen LogP contribution in [0, 0.1) is 13.8 Å². The van der Waals surface area contributed by atoms with Gasteiger partial charge in [-0.1, -0.05) is 35.4 Å². The smallest absolute Gasteiger partial charge is 0.244 e. The van der Waals surface area contributed by atoms with Crippen molar-refractivity contribution in [3.63, 3.8) is 0 Å². The number of rotatable bonds is 4. The van der Waals surface area contributed by atoms with E-state index >= 15 is 0 Å². The van der Waals surface area contributed by atoms with Crippen LogP contribution < -0.4 is 5.32 Å². The van der Waals surface area contributed by atoms with Crippen LogP contribution in [-0.4, -0.2) is 57.8 Å². The number of benzene rings is 2. The number of hydrogen-bond acceptors (Lipinski definition) is 5. The summed E-state index contributed by atoms with van der Waals surface area (Å²) in [7, 11) is -7.46. The summed E-state index contributed by atoms with van der Waals surface area (Å²) in [5.74, 6) is 0. The molecule has 1 unspecified atom stereocenters. The van der Waals surface area contributed by atoms with Gasteiger partial charge in [0.15, 0.2) is 0 Å². The van der Waals surface area contributed by atoms with Gasteiger partial charge in [-0.05, 0) is 45.0 Å². The van der Waals surface area contributed by atoms with E-state index in [4.69, 9.17) is 0 Å². The van der Waals surface area contributed by atoms with Crippen LogP contribution in [0.3, 0.4) is 0 Å².